The number of aromatic carboxylic acids is 1. The van der Waals surface area contributed by atoms with Gasteiger partial charge in [0.25, 0.3) is 0 Å². The first-order valence-electron chi connectivity index (χ1n) is 4.94. The molecule has 1 aromatic heterocycles. The van der Waals surface area contributed by atoms with Gasteiger partial charge >= 0.3 is 5.97 Å². The highest BCUT2D eigenvalue weighted by Gasteiger charge is 2.13. The second-order valence-corrected chi connectivity index (χ2v) is 3.78. The van der Waals surface area contributed by atoms with E-state index in [1.807, 2.05) is 13.8 Å². The normalized spacial score (nSPS) is 10.7. The van der Waals surface area contributed by atoms with E-state index < -0.39 is 5.97 Å². The van der Waals surface area contributed by atoms with Crippen LogP contribution < -0.4 is 4.74 Å². The van der Waals surface area contributed by atoms with Gasteiger partial charge in [0.1, 0.15) is 5.75 Å². The number of carbonyl (C=O) groups is 1. The molecule has 0 aliphatic carbocycles. The minimum atomic E-state index is -0.946. The number of fused-ring (bicyclic) bond motifs is 1. The number of methoxy groups -OCH3 is 1. The van der Waals surface area contributed by atoms with Crippen molar-refractivity contribution in [1.29, 1.82) is 0 Å². The molecule has 2 rings (SSSR count). The van der Waals surface area contributed by atoms with E-state index in [-0.39, 0.29) is 5.56 Å². The first-order valence-corrected chi connectivity index (χ1v) is 4.94. The lowest BCUT2D eigenvalue weighted by Crippen LogP contribution is -1.97. The van der Waals surface area contributed by atoms with Crippen molar-refractivity contribution in [3.05, 3.63) is 29.0 Å². The Balaban J connectivity index is 2.84. The summed E-state index contributed by atoms with van der Waals surface area (Å²) in [4.78, 5) is 14.2. The van der Waals surface area contributed by atoms with Crippen molar-refractivity contribution < 1.29 is 14.6 Å². The molecular weight excluding hydrogens is 206 g/mol. The molecule has 0 saturated carbocycles. The molecule has 0 saturated heterocycles. The number of hydrogen-bond donors (Lipinski definition) is 2. The van der Waals surface area contributed by atoms with Gasteiger partial charge in [0.15, 0.2) is 0 Å². The summed E-state index contributed by atoms with van der Waals surface area (Å²) in [7, 11) is 1.53. The molecule has 16 heavy (non-hydrogen) atoms. The molecule has 0 radical (unpaired) electrons. The SMILES string of the molecule is COc1cc(C(=O)O)cc2c(C)c(C)[nH]c12. The monoisotopic (exact) mass is 219 g/mol. The molecule has 0 fully saturated rings. The summed E-state index contributed by atoms with van der Waals surface area (Å²) in [6.07, 6.45) is 0. The molecule has 0 amide bonds. The van der Waals surface area contributed by atoms with Crippen LogP contribution in [-0.2, 0) is 0 Å². The predicted octanol–water partition coefficient (Wildman–Crippen LogP) is 2.49. The van der Waals surface area contributed by atoms with Crippen molar-refractivity contribution in [3.63, 3.8) is 0 Å². The van der Waals surface area contributed by atoms with Crippen LogP contribution in [0, 0.1) is 13.8 Å². The molecule has 84 valence electrons. The van der Waals surface area contributed by atoms with E-state index in [4.69, 9.17) is 9.84 Å². The van der Waals surface area contributed by atoms with Crippen LogP contribution in [0.5, 0.6) is 5.75 Å². The van der Waals surface area contributed by atoms with Crippen molar-refractivity contribution in [3.8, 4) is 5.75 Å². The highest BCUT2D eigenvalue weighted by molar-refractivity contribution is 5.98. The fraction of sp³-hybridized carbons (Fsp3) is 0.250. The van der Waals surface area contributed by atoms with E-state index in [0.717, 1.165) is 22.2 Å². The molecule has 2 aromatic rings. The minimum absolute atomic E-state index is 0.242. The second-order valence-electron chi connectivity index (χ2n) is 3.78. The Labute approximate surface area is 92.9 Å². The van der Waals surface area contributed by atoms with Gasteiger partial charge in [-0.05, 0) is 31.5 Å². The largest absolute Gasteiger partial charge is 0.495 e. The maximum Gasteiger partial charge on any atom is 0.335 e. The van der Waals surface area contributed by atoms with Crippen molar-refractivity contribution >= 4 is 16.9 Å². The Morgan fingerprint density at radius 3 is 2.62 bits per heavy atom. The Kier molecular flexibility index (Phi) is 2.34. The summed E-state index contributed by atoms with van der Waals surface area (Å²) >= 11 is 0. The van der Waals surface area contributed by atoms with Gasteiger partial charge in [0.05, 0.1) is 18.2 Å². The second kappa shape index (κ2) is 3.56. The summed E-state index contributed by atoms with van der Waals surface area (Å²) in [6.45, 7) is 3.91. The van der Waals surface area contributed by atoms with Crippen LogP contribution in [0.3, 0.4) is 0 Å². The highest BCUT2D eigenvalue weighted by Crippen LogP contribution is 2.30. The number of H-pyrrole nitrogens is 1. The highest BCUT2D eigenvalue weighted by atomic mass is 16.5. The number of benzene rings is 1. The third kappa shape index (κ3) is 1.43. The van der Waals surface area contributed by atoms with Gasteiger partial charge in [-0.15, -0.1) is 0 Å². The summed E-state index contributed by atoms with van der Waals surface area (Å²) < 4.78 is 5.19. The molecule has 0 atom stereocenters. The topological polar surface area (TPSA) is 62.3 Å². The molecule has 0 bridgehead atoms. The predicted molar refractivity (Wildman–Crippen MR) is 61.3 cm³/mol. The number of aryl methyl sites for hydroxylation is 2. The van der Waals surface area contributed by atoms with Crippen LogP contribution in [0.25, 0.3) is 10.9 Å². The Morgan fingerprint density at radius 1 is 1.38 bits per heavy atom. The molecule has 0 spiro atoms. The number of aromatic nitrogens is 1. The molecule has 0 aliphatic heterocycles. The Morgan fingerprint density at radius 2 is 2.06 bits per heavy atom. The molecule has 4 heteroatoms. The molecule has 2 N–H and O–H groups in total. The van der Waals surface area contributed by atoms with E-state index in [2.05, 4.69) is 4.98 Å². The van der Waals surface area contributed by atoms with Gasteiger partial charge in [0, 0.05) is 11.1 Å². The zero-order valence-corrected chi connectivity index (χ0v) is 9.42. The van der Waals surface area contributed by atoms with Crippen LogP contribution in [0.15, 0.2) is 12.1 Å². The lowest BCUT2D eigenvalue weighted by Gasteiger charge is -2.03. The number of aromatic amines is 1. The molecule has 0 aliphatic rings. The maximum absolute atomic E-state index is 11.0. The van der Waals surface area contributed by atoms with E-state index in [1.165, 1.54) is 13.2 Å². The number of hydrogen-bond acceptors (Lipinski definition) is 2. The zero-order chi connectivity index (χ0) is 11.9. The third-order valence-corrected chi connectivity index (χ3v) is 2.85. The average molecular weight is 219 g/mol. The van der Waals surface area contributed by atoms with Crippen LogP contribution in [-0.4, -0.2) is 23.2 Å². The molecule has 1 aromatic carbocycles. The van der Waals surface area contributed by atoms with Gasteiger partial charge in [-0.25, -0.2) is 4.79 Å². The first kappa shape index (κ1) is 10.5. The van der Waals surface area contributed by atoms with Gasteiger partial charge in [-0.2, -0.15) is 0 Å². The van der Waals surface area contributed by atoms with Gasteiger partial charge < -0.3 is 14.8 Å². The maximum atomic E-state index is 11.0. The summed E-state index contributed by atoms with van der Waals surface area (Å²) in [5.41, 5.74) is 3.17. The van der Waals surface area contributed by atoms with Crippen LogP contribution in [0.4, 0.5) is 0 Å². The van der Waals surface area contributed by atoms with Crippen molar-refractivity contribution in [2.45, 2.75) is 13.8 Å². The van der Waals surface area contributed by atoms with E-state index >= 15 is 0 Å². The number of ether oxygens (including phenoxy) is 1. The first-order chi connectivity index (χ1) is 7.54. The zero-order valence-electron chi connectivity index (χ0n) is 9.42. The van der Waals surface area contributed by atoms with Crippen LogP contribution in [0.1, 0.15) is 21.6 Å². The number of nitrogens with one attached hydrogen (secondary N) is 1. The van der Waals surface area contributed by atoms with Crippen LogP contribution in [0.2, 0.25) is 0 Å². The minimum Gasteiger partial charge on any atom is -0.495 e. The Bertz CT molecular complexity index is 569. The molecule has 1 heterocycles. The summed E-state index contributed by atoms with van der Waals surface area (Å²) in [5.74, 6) is -0.385. The van der Waals surface area contributed by atoms with Gasteiger partial charge in [-0.3, -0.25) is 0 Å². The number of carboxylic acids is 1. The fourth-order valence-corrected chi connectivity index (χ4v) is 1.81. The van der Waals surface area contributed by atoms with E-state index in [9.17, 15) is 4.79 Å². The summed E-state index contributed by atoms with van der Waals surface area (Å²) in [5, 5.41) is 9.89. The van der Waals surface area contributed by atoms with Crippen molar-refractivity contribution in [2.24, 2.45) is 0 Å². The van der Waals surface area contributed by atoms with Crippen LogP contribution >= 0.6 is 0 Å². The quantitative estimate of drug-likeness (QED) is 0.815. The van der Waals surface area contributed by atoms with Gasteiger partial charge in [-0.1, -0.05) is 0 Å². The Hall–Kier alpha value is -1.97. The average Bonchev–Trinajstić information content (AvgIpc) is 2.54. The van der Waals surface area contributed by atoms with Crippen molar-refractivity contribution in [1.82, 2.24) is 4.98 Å². The van der Waals surface area contributed by atoms with Crippen molar-refractivity contribution in [2.75, 3.05) is 7.11 Å². The third-order valence-electron chi connectivity index (χ3n) is 2.85. The number of carboxylic acid groups (broad SMARTS) is 1. The standard InChI is InChI=1S/C12H13NO3/c1-6-7(2)13-11-9(6)4-8(12(14)15)5-10(11)16-3/h4-5,13H,1-3H3,(H,14,15). The van der Waals surface area contributed by atoms with Gasteiger partial charge in [0.2, 0.25) is 0 Å². The molecule has 0 unspecified atom stereocenters. The molecular formula is C12H13NO3. The lowest BCUT2D eigenvalue weighted by molar-refractivity contribution is 0.0696. The van der Waals surface area contributed by atoms with E-state index in [0.29, 0.717) is 5.75 Å². The number of rotatable bonds is 2. The van der Waals surface area contributed by atoms with E-state index in [1.54, 1.807) is 6.07 Å². The smallest absolute Gasteiger partial charge is 0.335 e. The summed E-state index contributed by atoms with van der Waals surface area (Å²) in [6, 6.07) is 3.19. The molecule has 4 nitrogen and oxygen atoms in total. The lowest BCUT2D eigenvalue weighted by atomic mass is 10.1. The fourth-order valence-electron chi connectivity index (χ4n) is 1.81.